The Kier molecular flexibility index (Phi) is 4.16. The molecule has 2 atom stereocenters. The number of anilines is 1. The second-order valence-corrected chi connectivity index (χ2v) is 5.34. The lowest BCUT2D eigenvalue weighted by atomic mass is 10.2. The van der Waals surface area contributed by atoms with E-state index in [1.54, 1.807) is 0 Å². The van der Waals surface area contributed by atoms with Gasteiger partial charge in [-0.15, -0.1) is 0 Å². The highest BCUT2D eigenvalue weighted by molar-refractivity contribution is 14.1. The minimum absolute atomic E-state index is 0.0460. The van der Waals surface area contributed by atoms with Crippen LogP contribution >= 0.6 is 22.6 Å². The standard InChI is InChI=1S/C11H16IN3O2/c1-7-6-17-9(5-16)4-15(7)11-3-10(12)13-8(2)14-11/h3,7,9,16H,4-6H2,1-2H3. The Morgan fingerprint density at radius 2 is 2.35 bits per heavy atom. The molecule has 0 spiro atoms. The molecule has 17 heavy (non-hydrogen) atoms. The molecule has 1 fully saturated rings. The van der Waals surface area contributed by atoms with E-state index in [0.717, 1.165) is 15.3 Å². The number of halogens is 1. The van der Waals surface area contributed by atoms with Crippen molar-refractivity contribution >= 4 is 28.4 Å². The Labute approximate surface area is 114 Å². The predicted octanol–water partition coefficient (Wildman–Crippen LogP) is 0.976. The normalized spacial score (nSPS) is 25.1. The maximum absolute atomic E-state index is 9.17. The van der Waals surface area contributed by atoms with Gasteiger partial charge >= 0.3 is 0 Å². The molecule has 1 aromatic rings. The first-order chi connectivity index (χ1) is 8.10. The number of ether oxygens (including phenoxy) is 1. The molecule has 0 radical (unpaired) electrons. The van der Waals surface area contributed by atoms with Crippen LogP contribution in [0.5, 0.6) is 0 Å². The minimum Gasteiger partial charge on any atom is -0.394 e. The highest BCUT2D eigenvalue weighted by Crippen LogP contribution is 2.21. The van der Waals surface area contributed by atoms with Gasteiger partial charge in [0.05, 0.1) is 25.4 Å². The summed E-state index contributed by atoms with van der Waals surface area (Å²) < 4.78 is 6.45. The molecular formula is C11H16IN3O2. The fourth-order valence-electron chi connectivity index (χ4n) is 1.91. The van der Waals surface area contributed by atoms with Gasteiger partial charge in [0.1, 0.15) is 15.3 Å². The van der Waals surface area contributed by atoms with Crippen molar-refractivity contribution in [2.75, 3.05) is 24.7 Å². The van der Waals surface area contributed by atoms with Crippen LogP contribution < -0.4 is 4.90 Å². The van der Waals surface area contributed by atoms with Crippen molar-refractivity contribution in [2.24, 2.45) is 0 Å². The van der Waals surface area contributed by atoms with Crippen LogP contribution in [0, 0.1) is 10.6 Å². The molecule has 1 N–H and O–H groups in total. The van der Waals surface area contributed by atoms with Gasteiger partial charge in [-0.2, -0.15) is 0 Å². The molecule has 6 heteroatoms. The Balaban J connectivity index is 2.24. The smallest absolute Gasteiger partial charge is 0.133 e. The van der Waals surface area contributed by atoms with Crippen molar-refractivity contribution in [3.8, 4) is 0 Å². The third-order valence-electron chi connectivity index (χ3n) is 2.80. The van der Waals surface area contributed by atoms with E-state index in [1.165, 1.54) is 0 Å². The van der Waals surface area contributed by atoms with Gasteiger partial charge in [-0.3, -0.25) is 0 Å². The highest BCUT2D eigenvalue weighted by Gasteiger charge is 2.26. The summed E-state index contributed by atoms with van der Waals surface area (Å²) in [4.78, 5) is 10.9. The van der Waals surface area contributed by atoms with Crippen LogP contribution in [-0.4, -0.2) is 47.0 Å². The molecule has 5 nitrogen and oxygen atoms in total. The number of morpholine rings is 1. The monoisotopic (exact) mass is 349 g/mol. The lowest BCUT2D eigenvalue weighted by Gasteiger charge is -2.38. The van der Waals surface area contributed by atoms with Crippen LogP contribution in [0.3, 0.4) is 0 Å². The van der Waals surface area contributed by atoms with Gasteiger partial charge in [-0.1, -0.05) is 0 Å². The lowest BCUT2D eigenvalue weighted by molar-refractivity contribution is -0.0105. The molecule has 2 unspecified atom stereocenters. The van der Waals surface area contributed by atoms with E-state index in [1.807, 2.05) is 13.0 Å². The summed E-state index contributed by atoms with van der Waals surface area (Å²) in [6.45, 7) is 5.32. The van der Waals surface area contributed by atoms with E-state index in [9.17, 15) is 0 Å². The zero-order chi connectivity index (χ0) is 12.4. The van der Waals surface area contributed by atoms with Gasteiger partial charge in [0.2, 0.25) is 0 Å². The zero-order valence-electron chi connectivity index (χ0n) is 9.93. The van der Waals surface area contributed by atoms with E-state index in [2.05, 4.69) is 44.4 Å². The van der Waals surface area contributed by atoms with Crippen LogP contribution in [0.4, 0.5) is 5.82 Å². The molecule has 1 aromatic heterocycles. The molecule has 94 valence electrons. The van der Waals surface area contributed by atoms with Gasteiger partial charge in [0, 0.05) is 12.6 Å². The van der Waals surface area contributed by atoms with Crippen molar-refractivity contribution in [1.29, 1.82) is 0 Å². The van der Waals surface area contributed by atoms with Gasteiger partial charge < -0.3 is 14.7 Å². The fourth-order valence-corrected chi connectivity index (χ4v) is 2.54. The van der Waals surface area contributed by atoms with Gasteiger partial charge in [0.25, 0.3) is 0 Å². The number of hydrogen-bond acceptors (Lipinski definition) is 5. The van der Waals surface area contributed by atoms with Gasteiger partial charge in [0.15, 0.2) is 0 Å². The fraction of sp³-hybridized carbons (Fsp3) is 0.636. The molecule has 0 bridgehead atoms. The van der Waals surface area contributed by atoms with E-state index < -0.39 is 0 Å². The first kappa shape index (κ1) is 13.0. The predicted molar refractivity (Wildman–Crippen MR) is 73.1 cm³/mol. The summed E-state index contributed by atoms with van der Waals surface area (Å²) in [5, 5.41) is 9.17. The maximum atomic E-state index is 9.17. The number of nitrogens with zero attached hydrogens (tertiary/aromatic N) is 3. The quantitative estimate of drug-likeness (QED) is 0.637. The number of aromatic nitrogens is 2. The molecule has 0 aromatic carbocycles. The summed E-state index contributed by atoms with van der Waals surface area (Å²) in [5.74, 6) is 1.68. The Hall–Kier alpha value is -0.470. The highest BCUT2D eigenvalue weighted by atomic mass is 127. The summed E-state index contributed by atoms with van der Waals surface area (Å²) in [6, 6.07) is 2.23. The first-order valence-electron chi connectivity index (χ1n) is 5.60. The molecule has 1 aliphatic heterocycles. The van der Waals surface area contributed by atoms with Crippen molar-refractivity contribution in [3.63, 3.8) is 0 Å². The first-order valence-corrected chi connectivity index (χ1v) is 6.68. The molecule has 0 saturated carbocycles. The SMILES string of the molecule is Cc1nc(I)cc(N2CC(CO)OCC2C)n1. The minimum atomic E-state index is -0.126. The van der Waals surface area contributed by atoms with E-state index in [-0.39, 0.29) is 18.8 Å². The van der Waals surface area contributed by atoms with Crippen molar-refractivity contribution in [1.82, 2.24) is 9.97 Å². The topological polar surface area (TPSA) is 58.5 Å². The average Bonchev–Trinajstić information content (AvgIpc) is 2.28. The zero-order valence-corrected chi connectivity index (χ0v) is 12.1. The maximum Gasteiger partial charge on any atom is 0.133 e. The van der Waals surface area contributed by atoms with Gasteiger partial charge in [-0.05, 0) is 36.4 Å². The number of hydrogen-bond donors (Lipinski definition) is 1. The van der Waals surface area contributed by atoms with Crippen molar-refractivity contribution < 1.29 is 9.84 Å². The van der Waals surface area contributed by atoms with E-state index in [4.69, 9.17) is 9.84 Å². The van der Waals surface area contributed by atoms with Crippen LogP contribution in [0.2, 0.25) is 0 Å². The second kappa shape index (κ2) is 5.45. The molecule has 1 saturated heterocycles. The second-order valence-electron chi connectivity index (χ2n) is 4.24. The molecule has 1 aliphatic rings. The van der Waals surface area contributed by atoms with Crippen LogP contribution in [-0.2, 0) is 4.74 Å². The van der Waals surface area contributed by atoms with Crippen molar-refractivity contribution in [2.45, 2.75) is 26.0 Å². The van der Waals surface area contributed by atoms with Crippen molar-refractivity contribution in [3.05, 3.63) is 15.6 Å². The van der Waals surface area contributed by atoms with Crippen LogP contribution in [0.15, 0.2) is 6.07 Å². The average molecular weight is 349 g/mol. The molecule has 0 amide bonds. The largest absolute Gasteiger partial charge is 0.394 e. The van der Waals surface area contributed by atoms with E-state index in [0.29, 0.717) is 13.2 Å². The van der Waals surface area contributed by atoms with E-state index >= 15 is 0 Å². The third kappa shape index (κ3) is 3.05. The lowest BCUT2D eigenvalue weighted by Crippen LogP contribution is -2.50. The number of aliphatic hydroxyl groups excluding tert-OH is 1. The third-order valence-corrected chi connectivity index (χ3v) is 3.35. The molecule has 0 aliphatic carbocycles. The molecule has 2 heterocycles. The summed E-state index contributed by atoms with van der Waals surface area (Å²) >= 11 is 2.19. The van der Waals surface area contributed by atoms with Crippen LogP contribution in [0.25, 0.3) is 0 Å². The Bertz CT molecular complexity index is 382. The number of rotatable bonds is 2. The summed E-state index contributed by atoms with van der Waals surface area (Å²) in [6.07, 6.45) is -0.126. The summed E-state index contributed by atoms with van der Waals surface area (Å²) in [5.41, 5.74) is 0. The summed E-state index contributed by atoms with van der Waals surface area (Å²) in [7, 11) is 0. The molecule has 2 rings (SSSR count). The number of aryl methyl sites for hydroxylation is 1. The number of aliphatic hydroxyl groups is 1. The molecular weight excluding hydrogens is 333 g/mol. The Morgan fingerprint density at radius 1 is 1.59 bits per heavy atom. The van der Waals surface area contributed by atoms with Crippen LogP contribution in [0.1, 0.15) is 12.7 Å². The van der Waals surface area contributed by atoms with Gasteiger partial charge in [-0.25, -0.2) is 9.97 Å². The Morgan fingerprint density at radius 3 is 3.00 bits per heavy atom.